The molecular formula is C17H18ClNO3. The Kier molecular flexibility index (Phi) is 2.34. The standard InChI is InChI=1S/C17H18ClNO3/c1-21-14(20)17(18)13-12-5-3-2-4-11(12)6-9-19(13)22-16(17)10-15(16)7-8-15/h2-5,13H,6-10H2,1H3/t13-,16?,17-/m1/s1. The second-order valence-corrected chi connectivity index (χ2v) is 7.67. The minimum Gasteiger partial charge on any atom is -0.468 e. The van der Waals surface area contributed by atoms with Crippen molar-refractivity contribution >= 4 is 17.6 Å². The second-order valence-electron chi connectivity index (χ2n) is 7.07. The highest BCUT2D eigenvalue weighted by atomic mass is 35.5. The fourth-order valence-corrected chi connectivity index (χ4v) is 5.38. The van der Waals surface area contributed by atoms with Crippen molar-refractivity contribution in [1.82, 2.24) is 5.06 Å². The smallest absolute Gasteiger partial charge is 0.332 e. The number of alkyl halides is 1. The molecule has 2 aliphatic heterocycles. The van der Waals surface area contributed by atoms with Crippen molar-refractivity contribution < 1.29 is 14.4 Å². The fraction of sp³-hybridized carbons (Fsp3) is 0.588. The van der Waals surface area contributed by atoms with Gasteiger partial charge in [0.2, 0.25) is 0 Å². The van der Waals surface area contributed by atoms with Crippen LogP contribution in [0.2, 0.25) is 0 Å². The first-order valence-corrected chi connectivity index (χ1v) is 8.27. The molecule has 116 valence electrons. The number of hydrogen-bond acceptors (Lipinski definition) is 4. The highest BCUT2D eigenvalue weighted by Crippen LogP contribution is 2.83. The van der Waals surface area contributed by atoms with E-state index in [-0.39, 0.29) is 17.4 Å². The van der Waals surface area contributed by atoms with Gasteiger partial charge in [-0.2, -0.15) is 5.06 Å². The van der Waals surface area contributed by atoms with Crippen molar-refractivity contribution in [2.45, 2.75) is 42.2 Å². The molecule has 3 fully saturated rings. The van der Waals surface area contributed by atoms with Gasteiger partial charge in [-0.3, -0.25) is 4.84 Å². The average molecular weight is 320 g/mol. The minimum atomic E-state index is -1.14. The molecule has 2 heterocycles. The van der Waals surface area contributed by atoms with Crippen LogP contribution in [0.4, 0.5) is 0 Å². The number of esters is 1. The van der Waals surface area contributed by atoms with Gasteiger partial charge in [0.1, 0.15) is 5.60 Å². The Bertz CT molecular complexity index is 688. The maximum Gasteiger partial charge on any atom is 0.332 e. The number of nitrogens with zero attached hydrogens (tertiary/aromatic N) is 1. The SMILES string of the molecule is COC(=O)[C@]1(Cl)[C@H]2c3ccccc3CCN2OC12CC21CC1. The van der Waals surface area contributed by atoms with Gasteiger partial charge in [-0.25, -0.2) is 4.79 Å². The number of hydrogen-bond donors (Lipinski definition) is 0. The maximum atomic E-state index is 12.7. The first-order chi connectivity index (χ1) is 10.6. The van der Waals surface area contributed by atoms with Crippen LogP contribution in [0.1, 0.15) is 36.4 Å². The topological polar surface area (TPSA) is 38.8 Å². The molecule has 2 spiro atoms. The van der Waals surface area contributed by atoms with Crippen LogP contribution < -0.4 is 0 Å². The van der Waals surface area contributed by atoms with Crippen LogP contribution in [0, 0.1) is 5.41 Å². The third kappa shape index (κ3) is 1.28. The number of ether oxygens (including phenoxy) is 1. The summed E-state index contributed by atoms with van der Waals surface area (Å²) in [5, 5.41) is 1.94. The molecule has 1 aromatic rings. The molecule has 2 saturated carbocycles. The largest absolute Gasteiger partial charge is 0.468 e. The average Bonchev–Trinajstić information content (AvgIpc) is 3.42. The molecule has 5 rings (SSSR count). The molecule has 0 amide bonds. The third-order valence-corrected chi connectivity index (χ3v) is 6.80. The maximum absolute atomic E-state index is 12.7. The molecule has 1 aromatic carbocycles. The zero-order chi connectivity index (χ0) is 15.2. The van der Waals surface area contributed by atoms with E-state index in [1.54, 1.807) is 0 Å². The van der Waals surface area contributed by atoms with E-state index in [2.05, 4.69) is 12.1 Å². The summed E-state index contributed by atoms with van der Waals surface area (Å²) in [6, 6.07) is 7.96. The Morgan fingerprint density at radius 1 is 1.41 bits per heavy atom. The normalized spacial score (nSPS) is 40.4. The zero-order valence-corrected chi connectivity index (χ0v) is 13.2. The minimum absolute atomic E-state index is 0.106. The van der Waals surface area contributed by atoms with Crippen molar-refractivity contribution in [2.75, 3.05) is 13.7 Å². The molecular weight excluding hydrogens is 302 g/mol. The Morgan fingerprint density at radius 3 is 2.86 bits per heavy atom. The molecule has 0 bridgehead atoms. The Labute approximate surface area is 134 Å². The van der Waals surface area contributed by atoms with Gasteiger partial charge in [0, 0.05) is 12.0 Å². The van der Waals surface area contributed by atoms with Crippen molar-refractivity contribution in [2.24, 2.45) is 5.41 Å². The Balaban J connectivity index is 1.70. The summed E-state index contributed by atoms with van der Waals surface area (Å²) in [5.74, 6) is -0.359. The van der Waals surface area contributed by atoms with Crippen LogP contribution in [0.15, 0.2) is 24.3 Å². The van der Waals surface area contributed by atoms with Crippen LogP contribution >= 0.6 is 11.6 Å². The molecule has 4 nitrogen and oxygen atoms in total. The van der Waals surface area contributed by atoms with E-state index in [1.807, 2.05) is 17.2 Å². The van der Waals surface area contributed by atoms with Gasteiger partial charge in [0.05, 0.1) is 13.2 Å². The summed E-state index contributed by atoms with van der Waals surface area (Å²) in [6.07, 6.45) is 3.99. The quantitative estimate of drug-likeness (QED) is 0.589. The number of hydroxylamine groups is 2. The van der Waals surface area contributed by atoms with Crippen LogP contribution in [-0.4, -0.2) is 35.2 Å². The molecule has 0 aromatic heterocycles. The molecule has 0 radical (unpaired) electrons. The van der Waals surface area contributed by atoms with Crippen LogP contribution in [0.25, 0.3) is 0 Å². The van der Waals surface area contributed by atoms with Crippen molar-refractivity contribution in [1.29, 1.82) is 0 Å². The predicted octanol–water partition coefficient (Wildman–Crippen LogP) is 2.60. The molecule has 22 heavy (non-hydrogen) atoms. The summed E-state index contributed by atoms with van der Waals surface area (Å²) in [5.41, 5.74) is 1.89. The summed E-state index contributed by atoms with van der Waals surface area (Å²) in [6.45, 7) is 0.769. The molecule has 1 unspecified atom stereocenters. The first kappa shape index (κ1) is 13.3. The van der Waals surface area contributed by atoms with Gasteiger partial charge >= 0.3 is 5.97 Å². The zero-order valence-electron chi connectivity index (χ0n) is 12.5. The van der Waals surface area contributed by atoms with Crippen molar-refractivity contribution in [3.63, 3.8) is 0 Å². The van der Waals surface area contributed by atoms with Gasteiger partial charge in [0.15, 0.2) is 4.87 Å². The highest BCUT2D eigenvalue weighted by molar-refractivity contribution is 6.36. The second kappa shape index (κ2) is 3.86. The lowest BCUT2D eigenvalue weighted by atomic mass is 9.81. The number of methoxy groups -OCH3 is 1. The third-order valence-electron chi connectivity index (χ3n) is 6.13. The van der Waals surface area contributed by atoms with E-state index >= 15 is 0 Å². The summed E-state index contributed by atoms with van der Waals surface area (Å²) >= 11 is 7.06. The summed E-state index contributed by atoms with van der Waals surface area (Å²) in [7, 11) is 1.42. The lowest BCUT2D eigenvalue weighted by Gasteiger charge is -2.35. The number of carbonyl (C=O) groups is 1. The summed E-state index contributed by atoms with van der Waals surface area (Å²) < 4.78 is 5.12. The molecule has 0 N–H and O–H groups in total. The van der Waals surface area contributed by atoms with Gasteiger partial charge in [-0.1, -0.05) is 24.3 Å². The lowest BCUT2D eigenvalue weighted by molar-refractivity contribution is -0.182. The van der Waals surface area contributed by atoms with Gasteiger partial charge in [-0.05, 0) is 36.8 Å². The van der Waals surface area contributed by atoms with Gasteiger partial charge < -0.3 is 4.74 Å². The Hall–Kier alpha value is -1.10. The highest BCUT2D eigenvalue weighted by Gasteiger charge is 2.90. The first-order valence-electron chi connectivity index (χ1n) is 7.89. The van der Waals surface area contributed by atoms with Crippen LogP contribution in [-0.2, 0) is 20.8 Å². The Morgan fingerprint density at radius 2 is 2.18 bits per heavy atom. The number of halogens is 1. The number of fused-ring (bicyclic) bond motifs is 4. The van der Waals surface area contributed by atoms with Gasteiger partial charge in [0.25, 0.3) is 0 Å². The van der Waals surface area contributed by atoms with E-state index in [4.69, 9.17) is 21.2 Å². The molecule has 1 saturated heterocycles. The molecule has 5 heteroatoms. The molecule has 2 aliphatic carbocycles. The number of carbonyl (C=O) groups excluding carboxylic acids is 1. The lowest BCUT2D eigenvalue weighted by Crippen LogP contribution is -2.50. The molecule has 3 atom stereocenters. The number of benzene rings is 1. The van der Waals surface area contributed by atoms with Gasteiger partial charge in [-0.15, -0.1) is 11.6 Å². The van der Waals surface area contributed by atoms with E-state index < -0.39 is 10.5 Å². The predicted molar refractivity (Wildman–Crippen MR) is 80.3 cm³/mol. The summed E-state index contributed by atoms with van der Waals surface area (Å²) in [4.78, 5) is 17.9. The van der Waals surface area contributed by atoms with Crippen LogP contribution in [0.3, 0.4) is 0 Å². The monoisotopic (exact) mass is 319 g/mol. The van der Waals surface area contributed by atoms with Crippen molar-refractivity contribution in [3.8, 4) is 0 Å². The van der Waals surface area contributed by atoms with E-state index in [0.29, 0.717) is 0 Å². The van der Waals surface area contributed by atoms with Crippen molar-refractivity contribution in [3.05, 3.63) is 35.4 Å². The molecule has 4 aliphatic rings. The van der Waals surface area contributed by atoms with E-state index in [1.165, 1.54) is 12.7 Å². The van der Waals surface area contributed by atoms with E-state index in [0.717, 1.165) is 37.8 Å². The fourth-order valence-electron chi connectivity index (χ4n) is 4.77. The van der Waals surface area contributed by atoms with E-state index in [9.17, 15) is 4.79 Å². The number of rotatable bonds is 1. The van der Waals surface area contributed by atoms with Crippen LogP contribution in [0.5, 0.6) is 0 Å².